The van der Waals surface area contributed by atoms with Crippen molar-refractivity contribution in [1.29, 1.82) is 0 Å². The zero-order valence-electron chi connectivity index (χ0n) is 14.8. The third-order valence-corrected chi connectivity index (χ3v) is 4.35. The zero-order valence-corrected chi connectivity index (χ0v) is 16.4. The van der Waals surface area contributed by atoms with Crippen molar-refractivity contribution in [3.63, 3.8) is 0 Å². The number of rotatable bonds is 8. The lowest BCUT2D eigenvalue weighted by atomic mass is 10.1. The molecular formula is C19H21BrFNO4. The van der Waals surface area contributed by atoms with Crippen molar-refractivity contribution in [2.75, 3.05) is 20.8 Å². The van der Waals surface area contributed by atoms with E-state index in [1.165, 1.54) is 18.2 Å². The number of ether oxygens (including phenoxy) is 3. The minimum Gasteiger partial charge on any atom is -0.493 e. The van der Waals surface area contributed by atoms with E-state index in [2.05, 4.69) is 21.2 Å². The molecule has 0 bridgehead atoms. The van der Waals surface area contributed by atoms with Crippen LogP contribution in [-0.2, 0) is 11.2 Å². The normalized spacial score (nSPS) is 11.6. The Morgan fingerprint density at radius 2 is 1.81 bits per heavy atom. The van der Waals surface area contributed by atoms with Gasteiger partial charge in [0.2, 0.25) is 0 Å². The molecule has 0 spiro atoms. The maximum Gasteiger partial charge on any atom is 0.260 e. The summed E-state index contributed by atoms with van der Waals surface area (Å²) in [5.41, 5.74) is 1.01. The average Bonchev–Trinajstić information content (AvgIpc) is 2.63. The van der Waals surface area contributed by atoms with E-state index in [1.807, 2.05) is 18.2 Å². The molecule has 0 aliphatic heterocycles. The maximum atomic E-state index is 13.1. The van der Waals surface area contributed by atoms with Crippen molar-refractivity contribution in [2.45, 2.75) is 19.4 Å². The van der Waals surface area contributed by atoms with Gasteiger partial charge in [-0.05, 0) is 65.2 Å². The summed E-state index contributed by atoms with van der Waals surface area (Å²) in [6, 6.07) is 9.67. The van der Waals surface area contributed by atoms with Gasteiger partial charge in [0.25, 0.3) is 5.91 Å². The van der Waals surface area contributed by atoms with Crippen LogP contribution in [-0.4, -0.2) is 32.8 Å². The Morgan fingerprint density at radius 1 is 1.12 bits per heavy atom. The van der Waals surface area contributed by atoms with Crippen LogP contribution in [0.25, 0.3) is 0 Å². The van der Waals surface area contributed by atoms with Crippen LogP contribution < -0.4 is 19.5 Å². The highest BCUT2D eigenvalue weighted by Crippen LogP contribution is 2.28. The van der Waals surface area contributed by atoms with Gasteiger partial charge in [0.1, 0.15) is 11.6 Å². The van der Waals surface area contributed by atoms with Crippen LogP contribution >= 0.6 is 15.9 Å². The molecule has 7 heteroatoms. The summed E-state index contributed by atoms with van der Waals surface area (Å²) in [7, 11) is 3.16. The van der Waals surface area contributed by atoms with Crippen molar-refractivity contribution in [1.82, 2.24) is 5.32 Å². The van der Waals surface area contributed by atoms with Crippen LogP contribution in [0.2, 0.25) is 0 Å². The minimum absolute atomic E-state index is 0.248. The molecule has 0 aliphatic rings. The fraction of sp³-hybridized carbons (Fsp3) is 0.316. The van der Waals surface area contributed by atoms with Gasteiger partial charge < -0.3 is 19.5 Å². The molecule has 1 unspecified atom stereocenters. The van der Waals surface area contributed by atoms with Gasteiger partial charge in [0, 0.05) is 6.54 Å². The molecule has 0 aromatic heterocycles. The zero-order chi connectivity index (χ0) is 19.1. The fourth-order valence-electron chi connectivity index (χ4n) is 2.32. The lowest BCUT2D eigenvalue weighted by Crippen LogP contribution is -2.37. The largest absolute Gasteiger partial charge is 0.493 e. The molecule has 2 aromatic carbocycles. The molecule has 140 valence electrons. The predicted octanol–water partition coefficient (Wildman–Crippen LogP) is 3.73. The summed E-state index contributed by atoms with van der Waals surface area (Å²) in [6.45, 7) is 2.09. The Hall–Kier alpha value is -2.28. The van der Waals surface area contributed by atoms with Gasteiger partial charge >= 0.3 is 0 Å². The monoisotopic (exact) mass is 425 g/mol. The van der Waals surface area contributed by atoms with Crippen LogP contribution in [0.3, 0.4) is 0 Å². The topological polar surface area (TPSA) is 56.8 Å². The fourth-order valence-corrected chi connectivity index (χ4v) is 2.77. The number of nitrogens with one attached hydrogen (secondary N) is 1. The van der Waals surface area contributed by atoms with E-state index in [1.54, 1.807) is 21.1 Å². The average molecular weight is 426 g/mol. The van der Waals surface area contributed by atoms with Crippen molar-refractivity contribution >= 4 is 21.8 Å². The minimum atomic E-state index is -0.706. The van der Waals surface area contributed by atoms with E-state index < -0.39 is 6.10 Å². The lowest BCUT2D eigenvalue weighted by Gasteiger charge is -2.16. The van der Waals surface area contributed by atoms with E-state index in [-0.39, 0.29) is 11.7 Å². The molecule has 0 heterocycles. The van der Waals surface area contributed by atoms with E-state index in [0.29, 0.717) is 34.7 Å². The number of hydrogen-bond donors (Lipinski definition) is 1. The van der Waals surface area contributed by atoms with E-state index >= 15 is 0 Å². The second-order valence-electron chi connectivity index (χ2n) is 5.57. The Bertz CT molecular complexity index is 769. The lowest BCUT2D eigenvalue weighted by molar-refractivity contribution is -0.127. The second-order valence-corrected chi connectivity index (χ2v) is 6.42. The quantitative estimate of drug-likeness (QED) is 0.699. The van der Waals surface area contributed by atoms with Gasteiger partial charge in [-0.25, -0.2) is 4.39 Å². The summed E-state index contributed by atoms with van der Waals surface area (Å²) in [5.74, 6) is 1.09. The van der Waals surface area contributed by atoms with Crippen LogP contribution in [0.1, 0.15) is 12.5 Å². The van der Waals surface area contributed by atoms with E-state index in [4.69, 9.17) is 14.2 Å². The number of benzene rings is 2. The smallest absolute Gasteiger partial charge is 0.260 e. The highest BCUT2D eigenvalue weighted by molar-refractivity contribution is 9.10. The van der Waals surface area contributed by atoms with Gasteiger partial charge in [0.05, 0.1) is 18.7 Å². The molecule has 1 atom stereocenters. The highest BCUT2D eigenvalue weighted by Gasteiger charge is 2.16. The molecule has 0 aliphatic carbocycles. The molecule has 1 amide bonds. The van der Waals surface area contributed by atoms with Gasteiger partial charge in [-0.1, -0.05) is 6.07 Å². The standard InChI is InChI=1S/C19H21BrFNO4/c1-12(26-16-7-5-14(21)11-15(16)20)19(23)22-9-8-13-4-6-17(24-2)18(10-13)25-3/h4-7,10-12H,8-9H2,1-3H3,(H,22,23). The van der Waals surface area contributed by atoms with E-state index in [9.17, 15) is 9.18 Å². The number of amides is 1. The van der Waals surface area contributed by atoms with Gasteiger partial charge in [0.15, 0.2) is 17.6 Å². The van der Waals surface area contributed by atoms with Gasteiger partial charge in [-0.2, -0.15) is 0 Å². The highest BCUT2D eigenvalue weighted by atomic mass is 79.9. The Labute approximate surface area is 160 Å². The molecule has 0 saturated heterocycles. The summed E-state index contributed by atoms with van der Waals surface area (Å²) < 4.78 is 29.6. The van der Waals surface area contributed by atoms with Crippen molar-refractivity contribution in [3.8, 4) is 17.2 Å². The molecule has 2 aromatic rings. The van der Waals surface area contributed by atoms with Crippen LogP contribution in [0.15, 0.2) is 40.9 Å². The molecule has 26 heavy (non-hydrogen) atoms. The first-order valence-corrected chi connectivity index (χ1v) is 8.84. The molecular weight excluding hydrogens is 405 g/mol. The molecule has 2 rings (SSSR count). The van der Waals surface area contributed by atoms with Crippen molar-refractivity contribution in [2.24, 2.45) is 0 Å². The number of hydrogen-bond acceptors (Lipinski definition) is 4. The molecule has 0 saturated carbocycles. The number of halogens is 2. The second kappa shape index (κ2) is 9.43. The molecule has 0 radical (unpaired) electrons. The van der Waals surface area contributed by atoms with Crippen molar-refractivity contribution < 1.29 is 23.4 Å². The Morgan fingerprint density at radius 3 is 2.46 bits per heavy atom. The predicted molar refractivity (Wildman–Crippen MR) is 100 cm³/mol. The Kier molecular flexibility index (Phi) is 7.26. The molecule has 0 fully saturated rings. The van der Waals surface area contributed by atoms with Crippen LogP contribution in [0.4, 0.5) is 4.39 Å². The first-order chi connectivity index (χ1) is 12.4. The van der Waals surface area contributed by atoms with Crippen LogP contribution in [0, 0.1) is 5.82 Å². The maximum absolute atomic E-state index is 13.1. The Balaban J connectivity index is 1.86. The van der Waals surface area contributed by atoms with Crippen LogP contribution in [0.5, 0.6) is 17.2 Å². The van der Waals surface area contributed by atoms with Gasteiger partial charge in [-0.3, -0.25) is 4.79 Å². The number of carbonyl (C=O) groups is 1. The molecule has 1 N–H and O–H groups in total. The summed E-state index contributed by atoms with van der Waals surface area (Å²) >= 11 is 3.21. The third kappa shape index (κ3) is 5.36. The van der Waals surface area contributed by atoms with E-state index in [0.717, 1.165) is 5.56 Å². The van der Waals surface area contributed by atoms with Crippen molar-refractivity contribution in [3.05, 3.63) is 52.3 Å². The SMILES string of the molecule is COc1ccc(CCNC(=O)C(C)Oc2ccc(F)cc2Br)cc1OC. The summed E-state index contributed by atoms with van der Waals surface area (Å²) in [5, 5.41) is 2.82. The summed E-state index contributed by atoms with van der Waals surface area (Å²) in [6.07, 6.45) is -0.0684. The first-order valence-electron chi connectivity index (χ1n) is 8.05. The first kappa shape index (κ1) is 20.0. The number of carbonyl (C=O) groups excluding carboxylic acids is 1. The number of methoxy groups -OCH3 is 2. The summed E-state index contributed by atoms with van der Waals surface area (Å²) in [4.78, 5) is 12.2. The molecule has 5 nitrogen and oxygen atoms in total. The third-order valence-electron chi connectivity index (χ3n) is 3.73. The van der Waals surface area contributed by atoms with Gasteiger partial charge in [-0.15, -0.1) is 0 Å².